The molecule has 0 spiro atoms. The van der Waals surface area contributed by atoms with E-state index in [1.165, 1.54) is 18.2 Å². The Bertz CT molecular complexity index is 806. The molecular weight excluding hydrogens is 309 g/mol. The van der Waals surface area contributed by atoms with Crippen molar-refractivity contribution in [3.05, 3.63) is 54.0 Å². The van der Waals surface area contributed by atoms with Gasteiger partial charge >= 0.3 is 0 Å². The number of carbonyl (C=O) groups excluding carboxylic acids is 1. The minimum Gasteiger partial charge on any atom is -0.378 e. The Morgan fingerprint density at radius 1 is 1.23 bits per heavy atom. The first-order chi connectivity index (χ1) is 10.3. The first-order valence-electron chi connectivity index (χ1n) is 6.26. The summed E-state index contributed by atoms with van der Waals surface area (Å²) in [5.74, 6) is -1.88. The summed E-state index contributed by atoms with van der Waals surface area (Å²) < 4.78 is 39.3. The number of benzene rings is 1. The second-order valence-corrected chi connectivity index (χ2v) is 6.27. The number of halogens is 1. The van der Waals surface area contributed by atoms with E-state index >= 15 is 0 Å². The number of amides is 1. The Balaban J connectivity index is 2.29. The average Bonchev–Trinajstić information content (AvgIpc) is 2.47. The van der Waals surface area contributed by atoms with Crippen LogP contribution >= 0.6 is 0 Å². The standard InChI is InChI=1S/C14H14FN3O3S/c1-18(2)11-6-3-5-10(9-11)13(19)17-22(20,21)14-12(15)7-4-8-16-14/h3-9H,1-2H3,(H,17,19). The van der Waals surface area contributed by atoms with Gasteiger partial charge in [0.25, 0.3) is 15.9 Å². The number of carbonyl (C=O) groups is 1. The largest absolute Gasteiger partial charge is 0.378 e. The fraction of sp³-hybridized carbons (Fsp3) is 0.143. The van der Waals surface area contributed by atoms with Crippen LogP contribution in [0, 0.1) is 5.82 Å². The van der Waals surface area contributed by atoms with Gasteiger partial charge in [0.1, 0.15) is 0 Å². The van der Waals surface area contributed by atoms with Crippen LogP contribution in [0.25, 0.3) is 0 Å². The summed E-state index contributed by atoms with van der Waals surface area (Å²) in [6.07, 6.45) is 1.13. The molecule has 0 unspecified atom stereocenters. The maximum Gasteiger partial charge on any atom is 0.284 e. The van der Waals surface area contributed by atoms with Gasteiger partial charge in [0, 0.05) is 31.5 Å². The minimum atomic E-state index is -4.37. The summed E-state index contributed by atoms with van der Waals surface area (Å²) in [4.78, 5) is 17.3. The number of anilines is 1. The second-order valence-electron chi connectivity index (χ2n) is 4.67. The van der Waals surface area contributed by atoms with Crippen LogP contribution in [-0.4, -0.2) is 33.4 Å². The first-order valence-corrected chi connectivity index (χ1v) is 7.74. The van der Waals surface area contributed by atoms with Gasteiger partial charge in [0.15, 0.2) is 5.82 Å². The number of sulfonamides is 1. The molecule has 1 heterocycles. The molecule has 0 radical (unpaired) electrons. The predicted molar refractivity (Wildman–Crippen MR) is 79.6 cm³/mol. The molecule has 0 fully saturated rings. The average molecular weight is 323 g/mol. The zero-order valence-corrected chi connectivity index (χ0v) is 12.8. The Hall–Kier alpha value is -2.48. The van der Waals surface area contributed by atoms with Gasteiger partial charge in [-0.25, -0.2) is 14.1 Å². The highest BCUT2D eigenvalue weighted by Gasteiger charge is 2.23. The number of hydrogen-bond donors (Lipinski definition) is 1. The molecule has 22 heavy (non-hydrogen) atoms. The highest BCUT2D eigenvalue weighted by Crippen LogP contribution is 2.15. The fourth-order valence-corrected chi connectivity index (χ4v) is 2.71. The monoisotopic (exact) mass is 323 g/mol. The Kier molecular flexibility index (Phi) is 4.41. The van der Waals surface area contributed by atoms with E-state index in [1.54, 1.807) is 31.1 Å². The number of nitrogens with zero attached hydrogens (tertiary/aromatic N) is 2. The molecule has 0 aliphatic heterocycles. The normalized spacial score (nSPS) is 11.0. The molecule has 0 aliphatic rings. The van der Waals surface area contributed by atoms with Crippen molar-refractivity contribution in [2.75, 3.05) is 19.0 Å². The first kappa shape index (κ1) is 15.9. The summed E-state index contributed by atoms with van der Waals surface area (Å²) in [5.41, 5.74) is 0.875. The molecule has 0 saturated heterocycles. The Morgan fingerprint density at radius 3 is 2.59 bits per heavy atom. The molecule has 0 bridgehead atoms. The van der Waals surface area contributed by atoms with Gasteiger partial charge in [-0.15, -0.1) is 0 Å². The molecule has 1 amide bonds. The van der Waals surface area contributed by atoms with Crippen LogP contribution in [0.15, 0.2) is 47.6 Å². The lowest BCUT2D eigenvalue weighted by Gasteiger charge is -2.13. The topological polar surface area (TPSA) is 79.4 Å². The molecule has 0 aliphatic carbocycles. The van der Waals surface area contributed by atoms with Gasteiger partial charge in [-0.05, 0) is 30.3 Å². The van der Waals surface area contributed by atoms with E-state index in [0.29, 0.717) is 0 Å². The van der Waals surface area contributed by atoms with Crippen molar-refractivity contribution in [3.63, 3.8) is 0 Å². The van der Waals surface area contributed by atoms with Crippen molar-refractivity contribution in [2.45, 2.75) is 5.03 Å². The van der Waals surface area contributed by atoms with Crippen molar-refractivity contribution < 1.29 is 17.6 Å². The highest BCUT2D eigenvalue weighted by molar-refractivity contribution is 7.90. The van der Waals surface area contributed by atoms with Crippen LogP contribution < -0.4 is 9.62 Å². The Labute approximate surface area is 127 Å². The molecule has 0 saturated carbocycles. The predicted octanol–water partition coefficient (Wildman–Crippen LogP) is 1.41. The summed E-state index contributed by atoms with van der Waals surface area (Å²) >= 11 is 0. The highest BCUT2D eigenvalue weighted by atomic mass is 32.2. The van der Waals surface area contributed by atoms with Crippen LogP contribution in [-0.2, 0) is 10.0 Å². The zero-order chi connectivity index (χ0) is 16.3. The van der Waals surface area contributed by atoms with Crippen molar-refractivity contribution in [2.24, 2.45) is 0 Å². The van der Waals surface area contributed by atoms with Crippen LogP contribution in [0.1, 0.15) is 10.4 Å². The molecule has 2 aromatic rings. The molecular formula is C14H14FN3O3S. The van der Waals surface area contributed by atoms with E-state index in [1.807, 2.05) is 4.72 Å². The van der Waals surface area contributed by atoms with E-state index in [-0.39, 0.29) is 5.56 Å². The van der Waals surface area contributed by atoms with E-state index in [4.69, 9.17) is 0 Å². The van der Waals surface area contributed by atoms with Gasteiger partial charge < -0.3 is 4.90 Å². The fourth-order valence-electron chi connectivity index (χ4n) is 1.72. The number of pyridine rings is 1. The minimum absolute atomic E-state index is 0.145. The molecule has 1 N–H and O–H groups in total. The van der Waals surface area contributed by atoms with Gasteiger partial charge in [-0.1, -0.05) is 6.07 Å². The molecule has 8 heteroatoms. The van der Waals surface area contributed by atoms with Crippen LogP contribution in [0.2, 0.25) is 0 Å². The smallest absolute Gasteiger partial charge is 0.284 e. The second kappa shape index (κ2) is 6.10. The lowest BCUT2D eigenvalue weighted by molar-refractivity contribution is 0.0981. The maximum atomic E-state index is 13.5. The van der Waals surface area contributed by atoms with E-state index < -0.39 is 26.8 Å². The molecule has 2 rings (SSSR count). The van der Waals surface area contributed by atoms with E-state index in [9.17, 15) is 17.6 Å². The summed E-state index contributed by atoms with van der Waals surface area (Å²) in [6.45, 7) is 0. The van der Waals surface area contributed by atoms with Gasteiger partial charge in [-0.3, -0.25) is 4.79 Å². The lowest BCUT2D eigenvalue weighted by Crippen LogP contribution is -2.32. The van der Waals surface area contributed by atoms with E-state index in [2.05, 4.69) is 4.98 Å². The number of aromatic nitrogens is 1. The molecule has 1 aromatic heterocycles. The molecule has 116 valence electrons. The summed E-state index contributed by atoms with van der Waals surface area (Å²) in [5, 5.41) is -0.813. The number of rotatable bonds is 4. The van der Waals surface area contributed by atoms with Crippen molar-refractivity contribution in [3.8, 4) is 0 Å². The van der Waals surface area contributed by atoms with Crippen molar-refractivity contribution >= 4 is 21.6 Å². The molecule has 6 nitrogen and oxygen atoms in total. The van der Waals surface area contributed by atoms with Crippen LogP contribution in [0.4, 0.5) is 10.1 Å². The molecule has 1 aromatic carbocycles. The third-order valence-electron chi connectivity index (χ3n) is 2.83. The Morgan fingerprint density at radius 2 is 1.95 bits per heavy atom. The van der Waals surface area contributed by atoms with Gasteiger partial charge in [0.05, 0.1) is 0 Å². The number of hydrogen-bond acceptors (Lipinski definition) is 5. The SMILES string of the molecule is CN(C)c1cccc(C(=O)NS(=O)(=O)c2ncccc2F)c1. The van der Waals surface area contributed by atoms with E-state index in [0.717, 1.165) is 18.0 Å². The third kappa shape index (κ3) is 3.40. The van der Waals surface area contributed by atoms with Crippen LogP contribution in [0.5, 0.6) is 0 Å². The lowest BCUT2D eigenvalue weighted by atomic mass is 10.2. The van der Waals surface area contributed by atoms with Crippen molar-refractivity contribution in [1.82, 2.24) is 9.71 Å². The van der Waals surface area contributed by atoms with Gasteiger partial charge in [0.2, 0.25) is 5.03 Å². The molecule has 0 atom stereocenters. The number of nitrogens with one attached hydrogen (secondary N) is 1. The third-order valence-corrected chi connectivity index (χ3v) is 4.09. The van der Waals surface area contributed by atoms with Crippen LogP contribution in [0.3, 0.4) is 0 Å². The quantitative estimate of drug-likeness (QED) is 0.920. The van der Waals surface area contributed by atoms with Crippen molar-refractivity contribution in [1.29, 1.82) is 0 Å². The zero-order valence-electron chi connectivity index (χ0n) is 11.9. The maximum absolute atomic E-state index is 13.5. The summed E-state index contributed by atoms with van der Waals surface area (Å²) in [7, 11) is -0.793. The summed E-state index contributed by atoms with van der Waals surface area (Å²) in [6, 6.07) is 8.60. The van der Waals surface area contributed by atoms with Gasteiger partial charge in [-0.2, -0.15) is 8.42 Å².